The van der Waals surface area contributed by atoms with Gasteiger partial charge < -0.3 is 10.6 Å². The van der Waals surface area contributed by atoms with Gasteiger partial charge in [-0.1, -0.05) is 0 Å². The third-order valence-corrected chi connectivity index (χ3v) is 4.57. The molecular weight excluding hydrogens is 248 g/mol. The Labute approximate surface area is 111 Å². The van der Waals surface area contributed by atoms with Crippen molar-refractivity contribution in [1.29, 1.82) is 0 Å². The zero-order valence-corrected chi connectivity index (χ0v) is 11.3. The molecule has 2 fully saturated rings. The number of amides is 1. The Morgan fingerprint density at radius 3 is 2.89 bits per heavy atom. The van der Waals surface area contributed by atoms with Gasteiger partial charge in [0.1, 0.15) is 0 Å². The minimum Gasteiger partial charge on any atom is -0.316 e. The van der Waals surface area contributed by atoms with Crippen LogP contribution >= 0.6 is 11.3 Å². The van der Waals surface area contributed by atoms with Crippen LogP contribution in [0.5, 0.6) is 0 Å². The lowest BCUT2D eigenvalue weighted by Crippen LogP contribution is -2.33. The van der Waals surface area contributed by atoms with Crippen molar-refractivity contribution in [2.45, 2.75) is 6.92 Å². The summed E-state index contributed by atoms with van der Waals surface area (Å²) in [5.74, 6) is 1.53. The van der Waals surface area contributed by atoms with Crippen molar-refractivity contribution in [3.63, 3.8) is 0 Å². The molecule has 6 heteroatoms. The van der Waals surface area contributed by atoms with Crippen LogP contribution in [0, 0.1) is 18.8 Å². The molecule has 0 aromatic carbocycles. The summed E-state index contributed by atoms with van der Waals surface area (Å²) in [5, 5.41) is 8.92. The fraction of sp³-hybridized carbons (Fsp3) is 0.667. The van der Waals surface area contributed by atoms with Gasteiger partial charge in [-0.05, 0) is 31.8 Å². The van der Waals surface area contributed by atoms with E-state index in [1.807, 2.05) is 12.3 Å². The van der Waals surface area contributed by atoms with Crippen molar-refractivity contribution in [1.82, 2.24) is 15.2 Å². The first-order valence-corrected chi connectivity index (χ1v) is 7.24. The number of nitrogens with one attached hydrogen (secondary N) is 2. The Morgan fingerprint density at radius 1 is 1.56 bits per heavy atom. The highest BCUT2D eigenvalue weighted by atomic mass is 32.1. The van der Waals surface area contributed by atoms with Crippen molar-refractivity contribution < 1.29 is 4.79 Å². The quantitative estimate of drug-likeness (QED) is 0.838. The first-order valence-electron chi connectivity index (χ1n) is 6.36. The molecule has 2 aliphatic rings. The second kappa shape index (κ2) is 4.95. The Kier molecular flexibility index (Phi) is 3.32. The minimum absolute atomic E-state index is 0.0530. The van der Waals surface area contributed by atoms with Gasteiger partial charge in [0.25, 0.3) is 0 Å². The number of aryl methyl sites for hydroxylation is 1. The molecule has 3 rings (SSSR count). The van der Waals surface area contributed by atoms with Gasteiger partial charge >= 0.3 is 0 Å². The summed E-state index contributed by atoms with van der Waals surface area (Å²) in [6.07, 6.45) is 0. The molecule has 1 aromatic heterocycles. The molecule has 2 aliphatic heterocycles. The van der Waals surface area contributed by atoms with Gasteiger partial charge in [0, 0.05) is 18.5 Å². The van der Waals surface area contributed by atoms with Crippen molar-refractivity contribution in [3.05, 3.63) is 11.1 Å². The molecular formula is C12H18N4OS. The molecule has 0 spiro atoms. The largest absolute Gasteiger partial charge is 0.316 e. The van der Waals surface area contributed by atoms with Gasteiger partial charge in [-0.2, -0.15) is 0 Å². The van der Waals surface area contributed by atoms with Crippen LogP contribution in [0.25, 0.3) is 0 Å². The number of nitrogens with zero attached hydrogens (tertiary/aromatic N) is 2. The van der Waals surface area contributed by atoms with E-state index < -0.39 is 0 Å². The molecule has 2 saturated heterocycles. The molecule has 1 aromatic rings. The zero-order chi connectivity index (χ0) is 12.5. The van der Waals surface area contributed by atoms with Gasteiger partial charge in [0.05, 0.1) is 12.2 Å². The zero-order valence-electron chi connectivity index (χ0n) is 10.5. The number of rotatable bonds is 3. The van der Waals surface area contributed by atoms with Crippen molar-refractivity contribution >= 4 is 22.4 Å². The molecule has 0 unspecified atom stereocenters. The van der Waals surface area contributed by atoms with E-state index in [1.54, 1.807) is 0 Å². The third kappa shape index (κ3) is 2.55. The summed E-state index contributed by atoms with van der Waals surface area (Å²) in [6, 6.07) is 0. The number of aromatic nitrogens is 1. The van der Waals surface area contributed by atoms with Gasteiger partial charge in [0.15, 0.2) is 5.13 Å². The van der Waals surface area contributed by atoms with E-state index in [9.17, 15) is 4.79 Å². The summed E-state index contributed by atoms with van der Waals surface area (Å²) in [7, 11) is 0. The lowest BCUT2D eigenvalue weighted by molar-refractivity contribution is -0.117. The lowest BCUT2D eigenvalue weighted by atomic mass is 10.0. The molecule has 18 heavy (non-hydrogen) atoms. The van der Waals surface area contributed by atoms with Crippen molar-refractivity contribution in [3.8, 4) is 0 Å². The Morgan fingerprint density at radius 2 is 2.28 bits per heavy atom. The van der Waals surface area contributed by atoms with Crippen LogP contribution in [-0.4, -0.2) is 48.5 Å². The second-order valence-corrected chi connectivity index (χ2v) is 6.07. The highest BCUT2D eigenvalue weighted by Crippen LogP contribution is 2.26. The van der Waals surface area contributed by atoms with E-state index in [2.05, 4.69) is 20.5 Å². The third-order valence-electron chi connectivity index (χ3n) is 3.70. The van der Waals surface area contributed by atoms with E-state index in [0.717, 1.165) is 43.7 Å². The standard InChI is InChI=1S/C12H18N4OS/c1-8-7-18-12(14-8)15-11(17)6-16-4-9-2-13-3-10(9)5-16/h7,9-10,13H,2-6H2,1H3,(H,14,15,17)/t9-,10+. The topological polar surface area (TPSA) is 57.3 Å². The molecule has 0 bridgehead atoms. The normalized spacial score (nSPS) is 27.4. The molecule has 5 nitrogen and oxygen atoms in total. The van der Waals surface area contributed by atoms with Crippen LogP contribution < -0.4 is 10.6 Å². The van der Waals surface area contributed by atoms with Crippen LogP contribution in [0.4, 0.5) is 5.13 Å². The van der Waals surface area contributed by atoms with E-state index in [-0.39, 0.29) is 5.91 Å². The summed E-state index contributed by atoms with van der Waals surface area (Å²) < 4.78 is 0. The highest BCUT2D eigenvalue weighted by Gasteiger charge is 2.36. The summed E-state index contributed by atoms with van der Waals surface area (Å²) >= 11 is 1.48. The van der Waals surface area contributed by atoms with Crippen LogP contribution in [-0.2, 0) is 4.79 Å². The molecule has 1 amide bonds. The summed E-state index contributed by atoms with van der Waals surface area (Å²) in [4.78, 5) is 18.4. The summed E-state index contributed by atoms with van der Waals surface area (Å²) in [5.41, 5.74) is 0.956. The number of carbonyl (C=O) groups excluding carboxylic acids is 1. The smallest absolute Gasteiger partial charge is 0.240 e. The van der Waals surface area contributed by atoms with E-state index in [1.165, 1.54) is 11.3 Å². The Hall–Kier alpha value is -0.980. The van der Waals surface area contributed by atoms with Crippen LogP contribution in [0.3, 0.4) is 0 Å². The number of anilines is 1. The number of thiazole rings is 1. The minimum atomic E-state index is 0.0530. The number of fused-ring (bicyclic) bond motifs is 1. The molecule has 0 radical (unpaired) electrons. The molecule has 98 valence electrons. The van der Waals surface area contributed by atoms with E-state index >= 15 is 0 Å². The molecule has 2 atom stereocenters. The average Bonchev–Trinajstić information content (AvgIpc) is 2.94. The predicted octanol–water partition coefficient (Wildman–Crippen LogP) is 0.541. The van der Waals surface area contributed by atoms with Crippen LogP contribution in [0.1, 0.15) is 5.69 Å². The van der Waals surface area contributed by atoms with Crippen LogP contribution in [0.15, 0.2) is 5.38 Å². The lowest BCUT2D eigenvalue weighted by Gasteiger charge is -2.15. The number of hydrogen-bond acceptors (Lipinski definition) is 5. The van der Waals surface area contributed by atoms with Gasteiger partial charge in [-0.15, -0.1) is 11.3 Å². The van der Waals surface area contributed by atoms with Gasteiger partial charge in [0.2, 0.25) is 5.91 Å². The van der Waals surface area contributed by atoms with Crippen LogP contribution in [0.2, 0.25) is 0 Å². The maximum absolute atomic E-state index is 11.9. The SMILES string of the molecule is Cc1csc(NC(=O)CN2C[C@H]3CNC[C@H]3C2)n1. The maximum Gasteiger partial charge on any atom is 0.240 e. The first-order chi connectivity index (χ1) is 8.70. The number of carbonyl (C=O) groups is 1. The first kappa shape index (κ1) is 12.1. The van der Waals surface area contributed by atoms with E-state index in [0.29, 0.717) is 11.7 Å². The molecule has 0 saturated carbocycles. The number of hydrogen-bond donors (Lipinski definition) is 2. The number of likely N-dealkylation sites (tertiary alicyclic amines) is 1. The monoisotopic (exact) mass is 266 g/mol. The molecule has 2 N–H and O–H groups in total. The Bertz CT molecular complexity index is 435. The van der Waals surface area contributed by atoms with Crippen molar-refractivity contribution in [2.75, 3.05) is 38.0 Å². The van der Waals surface area contributed by atoms with Crippen molar-refractivity contribution in [2.24, 2.45) is 11.8 Å². The van der Waals surface area contributed by atoms with Gasteiger partial charge in [-0.3, -0.25) is 9.69 Å². The second-order valence-electron chi connectivity index (χ2n) is 5.21. The average molecular weight is 266 g/mol. The van der Waals surface area contributed by atoms with Gasteiger partial charge in [-0.25, -0.2) is 4.98 Å². The fourth-order valence-electron chi connectivity index (χ4n) is 2.85. The Balaban J connectivity index is 1.50. The summed E-state index contributed by atoms with van der Waals surface area (Å²) in [6.45, 7) is 6.72. The maximum atomic E-state index is 11.9. The van der Waals surface area contributed by atoms with E-state index in [4.69, 9.17) is 0 Å². The molecule has 0 aliphatic carbocycles. The fourth-order valence-corrected chi connectivity index (χ4v) is 3.56. The molecule has 3 heterocycles. The highest BCUT2D eigenvalue weighted by molar-refractivity contribution is 7.13. The predicted molar refractivity (Wildman–Crippen MR) is 71.8 cm³/mol.